The molecule has 0 amide bonds. The fourth-order valence-electron chi connectivity index (χ4n) is 0.927. The lowest BCUT2D eigenvalue weighted by atomic mass is 10.6. The van der Waals surface area contributed by atoms with Crippen LogP contribution in [0, 0.1) is 0 Å². The highest BCUT2D eigenvalue weighted by molar-refractivity contribution is 7.64. The summed E-state index contributed by atoms with van der Waals surface area (Å²) in [6.45, 7) is 4.57. The Morgan fingerprint density at radius 3 is 1.78 bits per heavy atom. The van der Waals surface area contributed by atoms with Gasteiger partial charge in [0, 0.05) is 0 Å². The van der Waals surface area contributed by atoms with Gasteiger partial charge in [-0.2, -0.15) is 0 Å². The Balaban J connectivity index is 3.18. The van der Waals surface area contributed by atoms with E-state index in [1.54, 1.807) is 0 Å². The van der Waals surface area contributed by atoms with Crippen molar-refractivity contribution in [3.05, 3.63) is 0 Å². The van der Waals surface area contributed by atoms with Gasteiger partial charge in [0.2, 0.25) is 0 Å². The highest BCUT2D eigenvalue weighted by Gasteiger charge is 2.00. The molecule has 0 aromatic rings. The molecule has 9 heavy (non-hydrogen) atoms. The minimum absolute atomic E-state index is 0.404. The molecule has 0 aromatic carbocycles. The average molecular weight is 164 g/mol. The average Bonchev–Trinajstić information content (AvgIpc) is 1.88. The third-order valence-electron chi connectivity index (χ3n) is 1.34. The molecule has 0 saturated heterocycles. The molecular weight excluding hydrogens is 146 g/mol. The third-order valence-corrected chi connectivity index (χ3v) is 5.56. The summed E-state index contributed by atoms with van der Waals surface area (Å²) >= 11 is 0. The molecule has 1 atom stereocenters. The van der Waals surface area contributed by atoms with Crippen LogP contribution in [0.25, 0.3) is 0 Å². The molecule has 0 bridgehead atoms. The summed E-state index contributed by atoms with van der Waals surface area (Å²) in [6, 6.07) is 0. The Kier molecular flexibility index (Phi) is 7.64. The Bertz CT molecular complexity index is 48.9. The van der Waals surface area contributed by atoms with Crippen LogP contribution < -0.4 is 0 Å². The van der Waals surface area contributed by atoms with Crippen LogP contribution in [-0.2, 0) is 0 Å². The van der Waals surface area contributed by atoms with Gasteiger partial charge in [0.1, 0.15) is 0 Å². The first-order valence-electron chi connectivity index (χ1n) is 3.77. The quantitative estimate of drug-likeness (QED) is 0.547. The van der Waals surface area contributed by atoms with Gasteiger partial charge in [-0.1, -0.05) is 26.7 Å². The fourth-order valence-corrected chi connectivity index (χ4v) is 3.88. The smallest absolute Gasteiger partial charge is 0.0176 e. The monoisotopic (exact) mass is 164 g/mol. The summed E-state index contributed by atoms with van der Waals surface area (Å²) in [7, 11) is 3.28. The zero-order valence-electron chi connectivity index (χ0n) is 6.56. The topological polar surface area (TPSA) is 0 Å². The maximum absolute atomic E-state index is 2.87. The van der Waals surface area contributed by atoms with Gasteiger partial charge in [0.05, 0.1) is 0 Å². The van der Waals surface area contributed by atoms with E-state index in [0.29, 0.717) is 7.92 Å². The van der Waals surface area contributed by atoms with Crippen LogP contribution in [0.3, 0.4) is 0 Å². The van der Waals surface area contributed by atoms with Crippen molar-refractivity contribution >= 4 is 17.2 Å². The summed E-state index contributed by atoms with van der Waals surface area (Å²) in [5, 5.41) is 0. The first-order chi connectivity index (χ1) is 4.35. The van der Waals surface area contributed by atoms with Gasteiger partial charge in [-0.05, 0) is 18.2 Å². The van der Waals surface area contributed by atoms with Gasteiger partial charge in [-0.15, -0.1) is 17.2 Å². The first-order valence-corrected chi connectivity index (χ1v) is 6.49. The molecule has 0 N–H and O–H groups in total. The van der Waals surface area contributed by atoms with Crippen LogP contribution >= 0.6 is 17.2 Å². The summed E-state index contributed by atoms with van der Waals surface area (Å²) < 4.78 is 0. The molecule has 56 valence electrons. The molecule has 0 fully saturated rings. The van der Waals surface area contributed by atoms with Gasteiger partial charge in [-0.3, -0.25) is 0 Å². The summed E-state index contributed by atoms with van der Waals surface area (Å²) in [4.78, 5) is 0. The molecule has 0 aliphatic carbocycles. The largest absolute Gasteiger partial charge is 0.133 e. The van der Waals surface area contributed by atoms with Gasteiger partial charge < -0.3 is 0 Å². The Morgan fingerprint density at radius 2 is 1.56 bits per heavy atom. The predicted octanol–water partition coefficient (Wildman–Crippen LogP) is 3.12. The maximum atomic E-state index is 2.87. The molecule has 0 aromatic heterocycles. The van der Waals surface area contributed by atoms with E-state index in [9.17, 15) is 0 Å². The van der Waals surface area contributed by atoms with Gasteiger partial charge in [0.25, 0.3) is 0 Å². The van der Waals surface area contributed by atoms with Crippen LogP contribution in [0.1, 0.15) is 26.7 Å². The highest BCUT2D eigenvalue weighted by Crippen LogP contribution is 2.38. The van der Waals surface area contributed by atoms with Crippen LogP contribution in [0.15, 0.2) is 0 Å². The van der Waals surface area contributed by atoms with E-state index in [-0.39, 0.29) is 0 Å². The molecule has 0 nitrogen and oxygen atoms in total. The van der Waals surface area contributed by atoms with E-state index in [0.717, 1.165) is 0 Å². The summed E-state index contributed by atoms with van der Waals surface area (Å²) in [5.41, 5.74) is 0. The molecule has 0 heterocycles. The normalized spacial score (nSPS) is 10.7. The lowest BCUT2D eigenvalue weighted by molar-refractivity contribution is 1.05. The molecular formula is C7H18P2. The van der Waals surface area contributed by atoms with E-state index in [1.807, 2.05) is 0 Å². The van der Waals surface area contributed by atoms with Crippen molar-refractivity contribution < 1.29 is 0 Å². The maximum Gasteiger partial charge on any atom is -0.0176 e. The second kappa shape index (κ2) is 6.97. The molecule has 2 heteroatoms. The van der Waals surface area contributed by atoms with Crippen molar-refractivity contribution in [1.29, 1.82) is 0 Å². The van der Waals surface area contributed by atoms with E-state index in [2.05, 4.69) is 23.1 Å². The van der Waals surface area contributed by atoms with Crippen molar-refractivity contribution in [3.8, 4) is 0 Å². The zero-order valence-corrected chi connectivity index (χ0v) is 8.61. The molecule has 0 saturated carbocycles. The Hall–Kier alpha value is 0.860. The van der Waals surface area contributed by atoms with Gasteiger partial charge in [0.15, 0.2) is 0 Å². The van der Waals surface area contributed by atoms with Crippen molar-refractivity contribution in [1.82, 2.24) is 0 Å². The number of rotatable bonds is 5. The Labute approximate surface area is 62.8 Å². The van der Waals surface area contributed by atoms with E-state index >= 15 is 0 Å². The van der Waals surface area contributed by atoms with Crippen molar-refractivity contribution in [2.45, 2.75) is 26.7 Å². The van der Waals surface area contributed by atoms with Crippen LogP contribution in [0.2, 0.25) is 0 Å². The second-order valence-corrected chi connectivity index (χ2v) is 6.00. The minimum Gasteiger partial charge on any atom is -0.133 e. The minimum atomic E-state index is 0.404. The lowest BCUT2D eigenvalue weighted by Gasteiger charge is -2.11. The van der Waals surface area contributed by atoms with E-state index in [4.69, 9.17) is 0 Å². The van der Waals surface area contributed by atoms with Crippen LogP contribution in [-0.4, -0.2) is 18.2 Å². The zero-order chi connectivity index (χ0) is 7.11. The molecule has 0 aliphatic heterocycles. The van der Waals surface area contributed by atoms with Crippen molar-refractivity contribution in [2.75, 3.05) is 18.2 Å². The SMILES string of the molecule is CCCP(CP)CCC. The second-order valence-electron chi connectivity index (χ2n) is 2.30. The summed E-state index contributed by atoms with van der Waals surface area (Å²) in [5.74, 6) is 1.36. The lowest BCUT2D eigenvalue weighted by Crippen LogP contribution is -1.87. The van der Waals surface area contributed by atoms with Crippen molar-refractivity contribution in [2.24, 2.45) is 0 Å². The van der Waals surface area contributed by atoms with Crippen LogP contribution in [0.5, 0.6) is 0 Å². The van der Waals surface area contributed by atoms with E-state index < -0.39 is 0 Å². The molecule has 0 rings (SSSR count). The van der Waals surface area contributed by atoms with Crippen molar-refractivity contribution in [3.63, 3.8) is 0 Å². The molecule has 0 aliphatic rings. The third kappa shape index (κ3) is 5.31. The number of hydrogen-bond donors (Lipinski definition) is 0. The van der Waals surface area contributed by atoms with Gasteiger partial charge in [-0.25, -0.2) is 0 Å². The first kappa shape index (κ1) is 9.86. The molecule has 0 spiro atoms. The predicted molar refractivity (Wildman–Crippen MR) is 51.8 cm³/mol. The highest BCUT2D eigenvalue weighted by atomic mass is 31.2. The number of hydrogen-bond acceptors (Lipinski definition) is 0. The summed E-state index contributed by atoms with van der Waals surface area (Å²) in [6.07, 6.45) is 5.71. The molecule has 0 radical (unpaired) electrons. The van der Waals surface area contributed by atoms with Crippen LogP contribution in [0.4, 0.5) is 0 Å². The fraction of sp³-hybridized carbons (Fsp3) is 1.00. The van der Waals surface area contributed by atoms with Gasteiger partial charge >= 0.3 is 0 Å². The molecule has 1 unspecified atom stereocenters. The van der Waals surface area contributed by atoms with E-state index in [1.165, 1.54) is 31.1 Å². The standard InChI is InChI=1S/C7H18P2/c1-3-5-9(7-8)6-4-2/h3-8H2,1-2H3. The Morgan fingerprint density at radius 1 is 1.11 bits per heavy atom.